The van der Waals surface area contributed by atoms with Crippen molar-refractivity contribution in [2.45, 2.75) is 31.6 Å². The van der Waals surface area contributed by atoms with E-state index in [0.29, 0.717) is 12.4 Å². The maximum Gasteiger partial charge on any atom is 0.236 e. The lowest BCUT2D eigenvalue weighted by molar-refractivity contribution is -0.133. The van der Waals surface area contributed by atoms with E-state index in [2.05, 4.69) is 10.00 Å². The van der Waals surface area contributed by atoms with Gasteiger partial charge in [-0.25, -0.2) is 9.67 Å². The Morgan fingerprint density at radius 1 is 1.24 bits per heavy atom. The third-order valence-corrected chi connectivity index (χ3v) is 5.49. The highest BCUT2D eigenvalue weighted by molar-refractivity contribution is 5.86. The molecule has 0 saturated carbocycles. The number of piperidine rings is 1. The van der Waals surface area contributed by atoms with Gasteiger partial charge in [-0.3, -0.25) is 9.69 Å². The highest BCUT2D eigenvalue weighted by Gasteiger charge is 2.27. The number of hydrogen-bond acceptors (Lipinski definition) is 5. The molecular weight excluding hydrogens is 316 g/mol. The van der Waals surface area contributed by atoms with Crippen molar-refractivity contribution in [2.24, 2.45) is 7.05 Å². The standard InChI is InChI=1S/C18H26N6O/c1-22-18-14(17(19)21-22)6-7-15(20-18)13-5-4-10-24(11-13)16(25)12-23-8-2-3-9-23/h6-7,13H,2-5,8-12H2,1H3,(H2,19,21). The van der Waals surface area contributed by atoms with Crippen molar-refractivity contribution < 1.29 is 4.79 Å². The summed E-state index contributed by atoms with van der Waals surface area (Å²) in [5.41, 5.74) is 7.77. The summed E-state index contributed by atoms with van der Waals surface area (Å²) in [5, 5.41) is 5.13. The largest absolute Gasteiger partial charge is 0.382 e. The van der Waals surface area contributed by atoms with Crippen LogP contribution in [-0.4, -0.2) is 63.2 Å². The molecule has 2 saturated heterocycles. The highest BCUT2D eigenvalue weighted by Crippen LogP contribution is 2.28. The van der Waals surface area contributed by atoms with Gasteiger partial charge >= 0.3 is 0 Å². The average Bonchev–Trinajstić information content (AvgIpc) is 3.23. The summed E-state index contributed by atoms with van der Waals surface area (Å²) in [6.45, 7) is 4.31. The highest BCUT2D eigenvalue weighted by atomic mass is 16.2. The van der Waals surface area contributed by atoms with Gasteiger partial charge in [0.2, 0.25) is 5.91 Å². The summed E-state index contributed by atoms with van der Waals surface area (Å²) in [5.74, 6) is 1.07. The van der Waals surface area contributed by atoms with Crippen LogP contribution in [0.2, 0.25) is 0 Å². The van der Waals surface area contributed by atoms with E-state index in [9.17, 15) is 4.79 Å². The van der Waals surface area contributed by atoms with Crippen molar-refractivity contribution >= 4 is 22.8 Å². The van der Waals surface area contributed by atoms with E-state index in [-0.39, 0.29) is 11.8 Å². The second kappa shape index (κ2) is 6.63. The van der Waals surface area contributed by atoms with Gasteiger partial charge in [0.25, 0.3) is 0 Å². The predicted molar refractivity (Wildman–Crippen MR) is 97.2 cm³/mol. The molecule has 0 radical (unpaired) electrons. The number of carbonyl (C=O) groups is 1. The third kappa shape index (κ3) is 3.20. The molecule has 0 bridgehead atoms. The predicted octanol–water partition coefficient (Wildman–Crippen LogP) is 1.35. The molecule has 2 aliphatic heterocycles. The summed E-state index contributed by atoms with van der Waals surface area (Å²) < 4.78 is 1.73. The van der Waals surface area contributed by atoms with Gasteiger partial charge in [0.15, 0.2) is 11.5 Å². The Hall–Kier alpha value is -2.15. The van der Waals surface area contributed by atoms with Gasteiger partial charge in [0.1, 0.15) is 0 Å². The second-order valence-electron chi connectivity index (χ2n) is 7.28. The summed E-state index contributed by atoms with van der Waals surface area (Å²) in [4.78, 5) is 21.7. The number of pyridine rings is 1. The summed E-state index contributed by atoms with van der Waals surface area (Å²) >= 11 is 0. The number of nitrogens with two attached hydrogens (primary N) is 1. The van der Waals surface area contributed by atoms with E-state index >= 15 is 0 Å². The van der Waals surface area contributed by atoms with Crippen LogP contribution in [0.5, 0.6) is 0 Å². The van der Waals surface area contributed by atoms with Crippen molar-refractivity contribution in [1.82, 2.24) is 24.6 Å². The first-order valence-corrected chi connectivity index (χ1v) is 9.21. The SMILES string of the molecule is Cn1nc(N)c2ccc(C3CCCN(C(=O)CN4CCCC4)C3)nc21. The first kappa shape index (κ1) is 16.3. The average molecular weight is 342 g/mol. The van der Waals surface area contributed by atoms with E-state index in [1.54, 1.807) is 4.68 Å². The second-order valence-corrected chi connectivity index (χ2v) is 7.28. The fourth-order valence-corrected chi connectivity index (χ4v) is 4.08. The van der Waals surface area contributed by atoms with Gasteiger partial charge in [0, 0.05) is 31.7 Å². The van der Waals surface area contributed by atoms with Crippen LogP contribution in [0, 0.1) is 0 Å². The molecular formula is C18H26N6O. The fraction of sp³-hybridized carbons (Fsp3) is 0.611. The van der Waals surface area contributed by atoms with Gasteiger partial charge in [0.05, 0.1) is 11.9 Å². The number of carbonyl (C=O) groups excluding carboxylic acids is 1. The number of aromatic nitrogens is 3. The molecule has 2 N–H and O–H groups in total. The van der Waals surface area contributed by atoms with Crippen LogP contribution in [0.3, 0.4) is 0 Å². The lowest BCUT2D eigenvalue weighted by Crippen LogP contribution is -2.44. The van der Waals surface area contributed by atoms with Crippen molar-refractivity contribution in [1.29, 1.82) is 0 Å². The lowest BCUT2D eigenvalue weighted by atomic mass is 9.94. The Bertz CT molecular complexity index is 779. The van der Waals surface area contributed by atoms with Gasteiger partial charge in [-0.1, -0.05) is 0 Å². The Balaban J connectivity index is 1.48. The molecule has 134 valence electrons. The molecule has 2 fully saturated rings. The van der Waals surface area contributed by atoms with Crippen LogP contribution >= 0.6 is 0 Å². The fourth-order valence-electron chi connectivity index (χ4n) is 4.08. The Labute approximate surface area is 147 Å². The zero-order valence-electron chi connectivity index (χ0n) is 14.8. The van der Waals surface area contributed by atoms with Crippen LogP contribution in [0.1, 0.15) is 37.3 Å². The Kier molecular flexibility index (Phi) is 4.33. The Morgan fingerprint density at radius 3 is 2.84 bits per heavy atom. The van der Waals surface area contributed by atoms with Crippen molar-refractivity contribution in [3.8, 4) is 0 Å². The number of nitrogens with zero attached hydrogens (tertiary/aromatic N) is 5. The van der Waals surface area contributed by atoms with Crippen molar-refractivity contribution in [3.05, 3.63) is 17.8 Å². The smallest absolute Gasteiger partial charge is 0.236 e. The minimum absolute atomic E-state index is 0.262. The molecule has 0 aliphatic carbocycles. The number of hydrogen-bond donors (Lipinski definition) is 1. The van der Waals surface area contributed by atoms with Crippen LogP contribution < -0.4 is 5.73 Å². The molecule has 7 heteroatoms. The quantitative estimate of drug-likeness (QED) is 0.911. The third-order valence-electron chi connectivity index (χ3n) is 5.49. The first-order chi connectivity index (χ1) is 12.1. The molecule has 1 amide bonds. The zero-order chi connectivity index (χ0) is 17.4. The lowest BCUT2D eigenvalue weighted by Gasteiger charge is -2.33. The van der Waals surface area contributed by atoms with E-state index in [4.69, 9.17) is 10.7 Å². The van der Waals surface area contributed by atoms with Gasteiger partial charge in [-0.15, -0.1) is 0 Å². The van der Waals surface area contributed by atoms with Crippen molar-refractivity contribution in [3.63, 3.8) is 0 Å². The number of aryl methyl sites for hydroxylation is 1. The zero-order valence-corrected chi connectivity index (χ0v) is 14.8. The maximum atomic E-state index is 12.6. The van der Waals surface area contributed by atoms with Crippen LogP contribution in [0.15, 0.2) is 12.1 Å². The molecule has 0 spiro atoms. The normalized spacial score (nSPS) is 22.0. The molecule has 0 aromatic carbocycles. The minimum atomic E-state index is 0.262. The summed E-state index contributed by atoms with van der Waals surface area (Å²) in [7, 11) is 1.86. The number of amides is 1. The number of fused-ring (bicyclic) bond motifs is 1. The number of likely N-dealkylation sites (tertiary alicyclic amines) is 2. The summed E-state index contributed by atoms with van der Waals surface area (Å²) in [6, 6.07) is 4.05. The number of rotatable bonds is 3. The number of nitrogen functional groups attached to an aromatic ring is 1. The Morgan fingerprint density at radius 2 is 2.04 bits per heavy atom. The molecule has 1 unspecified atom stereocenters. The van der Waals surface area contributed by atoms with Crippen LogP contribution in [0.25, 0.3) is 11.0 Å². The monoisotopic (exact) mass is 342 g/mol. The molecule has 1 atom stereocenters. The molecule has 2 aromatic heterocycles. The van der Waals surface area contributed by atoms with E-state index in [0.717, 1.165) is 55.7 Å². The summed E-state index contributed by atoms with van der Waals surface area (Å²) in [6.07, 6.45) is 4.53. The van der Waals surface area contributed by atoms with Gasteiger partial charge in [-0.05, 0) is 50.9 Å². The van der Waals surface area contributed by atoms with Gasteiger partial charge < -0.3 is 10.6 Å². The van der Waals surface area contributed by atoms with Crippen LogP contribution in [0.4, 0.5) is 5.82 Å². The van der Waals surface area contributed by atoms with Crippen LogP contribution in [-0.2, 0) is 11.8 Å². The van der Waals surface area contributed by atoms with E-state index < -0.39 is 0 Å². The first-order valence-electron chi connectivity index (χ1n) is 9.21. The van der Waals surface area contributed by atoms with Gasteiger partial charge in [-0.2, -0.15) is 5.10 Å². The van der Waals surface area contributed by atoms with E-state index in [1.165, 1.54) is 12.8 Å². The molecule has 2 aromatic rings. The molecule has 4 rings (SSSR count). The molecule has 4 heterocycles. The molecule has 25 heavy (non-hydrogen) atoms. The molecule has 2 aliphatic rings. The number of anilines is 1. The topological polar surface area (TPSA) is 80.3 Å². The van der Waals surface area contributed by atoms with Crippen molar-refractivity contribution in [2.75, 3.05) is 38.5 Å². The molecule has 7 nitrogen and oxygen atoms in total. The van der Waals surface area contributed by atoms with E-state index in [1.807, 2.05) is 24.1 Å². The minimum Gasteiger partial charge on any atom is -0.382 e. The maximum absolute atomic E-state index is 12.6.